The normalized spacial score (nSPS) is 13.2. The van der Waals surface area contributed by atoms with Gasteiger partial charge in [-0.25, -0.2) is 0 Å². The van der Waals surface area contributed by atoms with E-state index in [0.717, 1.165) is 6.07 Å². The summed E-state index contributed by atoms with van der Waals surface area (Å²) in [6.45, 7) is 0.0333. The zero-order valence-electron chi connectivity index (χ0n) is 11.2. The Bertz CT molecular complexity index is 497. The molecule has 0 aromatic heterocycles. The monoisotopic (exact) mass is 341 g/mol. The van der Waals surface area contributed by atoms with E-state index in [0.29, 0.717) is 17.7 Å². The predicted octanol–water partition coefficient (Wildman–Crippen LogP) is 3.65. The largest absolute Gasteiger partial charge is 0.480 e. The molecular weight excluding hydrogens is 327 g/mol. The van der Waals surface area contributed by atoms with Crippen molar-refractivity contribution in [2.45, 2.75) is 25.2 Å². The molecule has 0 heterocycles. The first-order valence-corrected chi connectivity index (χ1v) is 7.83. The second-order valence-electron chi connectivity index (χ2n) is 4.37. The Labute approximate surface area is 129 Å². The smallest absolute Gasteiger partial charge is 0.417 e. The van der Waals surface area contributed by atoms with Crippen molar-refractivity contribution in [3.63, 3.8) is 0 Å². The van der Waals surface area contributed by atoms with E-state index in [1.54, 1.807) is 0 Å². The molecule has 0 aliphatic rings. The fraction of sp³-hybridized carbons (Fsp3) is 0.462. The molecule has 0 bridgehead atoms. The molecule has 1 atom stereocenters. The Kier molecular flexibility index (Phi) is 6.83. The molecule has 1 rings (SSSR count). The van der Waals surface area contributed by atoms with Gasteiger partial charge in [-0.15, -0.1) is 0 Å². The minimum Gasteiger partial charge on any atom is -0.480 e. The second kappa shape index (κ2) is 7.91. The van der Waals surface area contributed by atoms with E-state index in [2.05, 4.69) is 5.32 Å². The molecule has 21 heavy (non-hydrogen) atoms. The number of hydrogen-bond acceptors (Lipinski definition) is 3. The molecule has 2 N–H and O–H groups in total. The highest BCUT2D eigenvalue weighted by molar-refractivity contribution is 7.98. The molecule has 0 radical (unpaired) electrons. The maximum Gasteiger partial charge on any atom is 0.417 e. The van der Waals surface area contributed by atoms with Crippen LogP contribution in [0.5, 0.6) is 0 Å². The van der Waals surface area contributed by atoms with Crippen LogP contribution >= 0.6 is 23.4 Å². The molecule has 0 fully saturated rings. The van der Waals surface area contributed by atoms with Gasteiger partial charge in [0, 0.05) is 6.54 Å². The topological polar surface area (TPSA) is 49.3 Å². The first kappa shape index (κ1) is 18.1. The number of carbonyl (C=O) groups is 1. The number of aliphatic carboxylic acids is 1. The van der Waals surface area contributed by atoms with Crippen molar-refractivity contribution in [3.05, 3.63) is 34.3 Å². The van der Waals surface area contributed by atoms with Crippen molar-refractivity contribution in [2.75, 3.05) is 12.0 Å². The second-order valence-corrected chi connectivity index (χ2v) is 5.76. The van der Waals surface area contributed by atoms with Gasteiger partial charge in [0.1, 0.15) is 6.04 Å². The summed E-state index contributed by atoms with van der Waals surface area (Å²) in [6.07, 6.45) is -2.28. The number of rotatable bonds is 7. The van der Waals surface area contributed by atoms with Gasteiger partial charge in [0.05, 0.1) is 10.6 Å². The highest BCUT2D eigenvalue weighted by atomic mass is 35.5. The third-order valence-corrected chi connectivity index (χ3v) is 3.77. The van der Waals surface area contributed by atoms with Crippen LogP contribution in [0.15, 0.2) is 18.2 Å². The maximum absolute atomic E-state index is 12.7. The van der Waals surface area contributed by atoms with E-state index in [1.807, 2.05) is 6.26 Å². The highest BCUT2D eigenvalue weighted by Crippen LogP contribution is 2.35. The quantitative estimate of drug-likeness (QED) is 0.794. The predicted molar refractivity (Wildman–Crippen MR) is 77.7 cm³/mol. The van der Waals surface area contributed by atoms with E-state index in [9.17, 15) is 18.0 Å². The number of carboxylic acids is 1. The molecule has 0 amide bonds. The van der Waals surface area contributed by atoms with Gasteiger partial charge in [-0.2, -0.15) is 24.9 Å². The van der Waals surface area contributed by atoms with Crippen LogP contribution in [0.25, 0.3) is 0 Å². The van der Waals surface area contributed by atoms with Gasteiger partial charge in [-0.05, 0) is 36.1 Å². The van der Waals surface area contributed by atoms with Crippen LogP contribution in [-0.2, 0) is 17.5 Å². The molecule has 0 saturated heterocycles. The lowest BCUT2D eigenvalue weighted by atomic mass is 10.1. The Balaban J connectivity index is 2.77. The molecule has 3 nitrogen and oxygen atoms in total. The molecule has 1 aromatic carbocycles. The van der Waals surface area contributed by atoms with Gasteiger partial charge >= 0.3 is 12.1 Å². The average Bonchev–Trinajstić information content (AvgIpc) is 2.38. The number of benzene rings is 1. The van der Waals surface area contributed by atoms with Crippen molar-refractivity contribution in [3.8, 4) is 0 Å². The SMILES string of the molecule is CSCC[C@@H](NCc1ccc(Cl)c(C(F)(F)F)c1)C(=O)O. The van der Waals surface area contributed by atoms with E-state index >= 15 is 0 Å². The molecule has 1 aromatic rings. The molecule has 0 spiro atoms. The van der Waals surface area contributed by atoms with Crippen molar-refractivity contribution in [2.24, 2.45) is 0 Å². The first-order chi connectivity index (χ1) is 9.75. The molecule has 0 saturated carbocycles. The van der Waals surface area contributed by atoms with Gasteiger partial charge in [0.25, 0.3) is 0 Å². The minimum absolute atomic E-state index is 0.0333. The molecule has 0 aliphatic heterocycles. The summed E-state index contributed by atoms with van der Waals surface area (Å²) in [5.74, 6) is -0.368. The lowest BCUT2D eigenvalue weighted by Crippen LogP contribution is -2.36. The summed E-state index contributed by atoms with van der Waals surface area (Å²) in [5, 5.41) is 11.4. The van der Waals surface area contributed by atoms with Crippen molar-refractivity contribution in [1.29, 1.82) is 0 Å². The summed E-state index contributed by atoms with van der Waals surface area (Å²) >= 11 is 7.03. The Morgan fingerprint density at radius 3 is 2.67 bits per heavy atom. The average molecular weight is 342 g/mol. The van der Waals surface area contributed by atoms with Gasteiger partial charge < -0.3 is 10.4 Å². The molecule has 0 unspecified atom stereocenters. The third kappa shape index (κ3) is 5.76. The summed E-state index contributed by atoms with van der Waals surface area (Å²) in [6, 6.07) is 2.75. The zero-order valence-corrected chi connectivity index (χ0v) is 12.8. The van der Waals surface area contributed by atoms with Crippen molar-refractivity contribution < 1.29 is 23.1 Å². The summed E-state index contributed by atoms with van der Waals surface area (Å²) in [7, 11) is 0. The fourth-order valence-corrected chi connectivity index (χ4v) is 2.39. The highest BCUT2D eigenvalue weighted by Gasteiger charge is 2.33. The zero-order chi connectivity index (χ0) is 16.0. The number of halogens is 4. The Hall–Kier alpha value is -0.920. The molecular formula is C13H15ClF3NO2S. The number of nitrogens with one attached hydrogen (secondary N) is 1. The maximum atomic E-state index is 12.7. The number of alkyl halides is 3. The van der Waals surface area contributed by atoms with E-state index in [4.69, 9.17) is 16.7 Å². The number of thioether (sulfide) groups is 1. The van der Waals surface area contributed by atoms with Crippen LogP contribution < -0.4 is 5.32 Å². The van der Waals surface area contributed by atoms with Crippen LogP contribution in [0.3, 0.4) is 0 Å². The van der Waals surface area contributed by atoms with Gasteiger partial charge in [0.2, 0.25) is 0 Å². The van der Waals surface area contributed by atoms with E-state index in [-0.39, 0.29) is 11.6 Å². The van der Waals surface area contributed by atoms with Crippen LogP contribution in [-0.4, -0.2) is 29.1 Å². The van der Waals surface area contributed by atoms with Crippen LogP contribution in [0.2, 0.25) is 5.02 Å². The minimum atomic E-state index is -4.53. The van der Waals surface area contributed by atoms with Crippen LogP contribution in [0.1, 0.15) is 17.5 Å². The standard InChI is InChI=1S/C13H15ClF3NO2S/c1-21-5-4-11(12(19)20)18-7-8-2-3-10(14)9(6-8)13(15,16)17/h2-3,6,11,18H,4-5,7H2,1H3,(H,19,20)/t11-/m1/s1. The third-order valence-electron chi connectivity index (χ3n) is 2.80. The summed E-state index contributed by atoms with van der Waals surface area (Å²) < 4.78 is 38.2. The molecule has 0 aliphatic carbocycles. The number of hydrogen-bond donors (Lipinski definition) is 2. The molecule has 118 valence electrons. The lowest BCUT2D eigenvalue weighted by Gasteiger charge is -2.15. The fourth-order valence-electron chi connectivity index (χ4n) is 1.69. The Morgan fingerprint density at radius 2 is 2.14 bits per heavy atom. The van der Waals surface area contributed by atoms with Crippen LogP contribution in [0.4, 0.5) is 13.2 Å². The lowest BCUT2D eigenvalue weighted by molar-refractivity contribution is -0.140. The summed E-state index contributed by atoms with van der Waals surface area (Å²) in [4.78, 5) is 11.0. The van der Waals surface area contributed by atoms with Gasteiger partial charge in [-0.3, -0.25) is 4.79 Å². The van der Waals surface area contributed by atoms with Crippen molar-refractivity contribution in [1.82, 2.24) is 5.32 Å². The molecule has 8 heteroatoms. The van der Waals surface area contributed by atoms with Gasteiger partial charge in [0.15, 0.2) is 0 Å². The Morgan fingerprint density at radius 1 is 1.48 bits per heavy atom. The van der Waals surface area contributed by atoms with Crippen molar-refractivity contribution >= 4 is 29.3 Å². The summed E-state index contributed by atoms with van der Waals surface area (Å²) in [5.41, 5.74) is -0.582. The number of carboxylic acid groups (broad SMARTS) is 1. The first-order valence-electron chi connectivity index (χ1n) is 6.06. The van der Waals surface area contributed by atoms with Gasteiger partial charge in [-0.1, -0.05) is 17.7 Å². The van der Waals surface area contributed by atoms with Crippen LogP contribution in [0, 0.1) is 0 Å². The van der Waals surface area contributed by atoms with E-state index < -0.39 is 23.8 Å². The van der Waals surface area contributed by atoms with E-state index in [1.165, 1.54) is 23.9 Å².